The van der Waals surface area contributed by atoms with Crippen molar-refractivity contribution in [1.29, 1.82) is 0 Å². The minimum Gasteiger partial charge on any atom is -0.349 e. The van der Waals surface area contributed by atoms with Gasteiger partial charge in [-0.1, -0.05) is 0 Å². The van der Waals surface area contributed by atoms with Crippen molar-refractivity contribution in [2.45, 2.75) is 18.4 Å². The molecule has 1 spiro atoms. The molecule has 0 atom stereocenters. The van der Waals surface area contributed by atoms with Crippen molar-refractivity contribution in [2.75, 3.05) is 59.9 Å². The number of nitrogens with zero attached hydrogens (tertiary/aromatic N) is 4. The van der Waals surface area contributed by atoms with Gasteiger partial charge in [-0.05, 0) is 12.8 Å². The van der Waals surface area contributed by atoms with Gasteiger partial charge in [-0.2, -0.15) is 0 Å². The first kappa shape index (κ1) is 22.0. The van der Waals surface area contributed by atoms with Gasteiger partial charge >= 0.3 is 0 Å². The number of piperazine rings is 1. The lowest BCUT2D eigenvalue weighted by molar-refractivity contribution is -0.133. The molecule has 0 aromatic rings. The second kappa shape index (κ2) is 9.02. The van der Waals surface area contributed by atoms with Gasteiger partial charge in [0, 0.05) is 53.4 Å². The summed E-state index contributed by atoms with van der Waals surface area (Å²) in [5.41, 5.74) is -0.631. The number of carbonyl (C=O) groups is 2. The van der Waals surface area contributed by atoms with Crippen molar-refractivity contribution in [3.05, 3.63) is 0 Å². The summed E-state index contributed by atoms with van der Waals surface area (Å²) in [6.07, 6.45) is 1.34. The molecule has 0 unspecified atom stereocenters. The van der Waals surface area contributed by atoms with Crippen molar-refractivity contribution < 1.29 is 9.59 Å². The predicted octanol–water partition coefficient (Wildman–Crippen LogP) is -0.856. The summed E-state index contributed by atoms with van der Waals surface area (Å²) >= 11 is 0. The number of hydrogen-bond acceptors (Lipinski definition) is 6. The van der Waals surface area contributed by atoms with Gasteiger partial charge in [0.25, 0.3) is 5.91 Å². The summed E-state index contributed by atoms with van der Waals surface area (Å²) in [5.74, 6) is 0.824. The second-order valence-corrected chi connectivity index (χ2v) is 6.72. The van der Waals surface area contributed by atoms with Crippen molar-refractivity contribution in [2.24, 2.45) is 4.99 Å². The van der Waals surface area contributed by atoms with Crippen LogP contribution in [0.25, 0.3) is 0 Å². The van der Waals surface area contributed by atoms with E-state index in [4.69, 9.17) is 0 Å². The van der Waals surface area contributed by atoms with Crippen LogP contribution in [0.5, 0.6) is 0 Å². The Kier molecular flexibility index (Phi) is 7.92. The Morgan fingerprint density at radius 1 is 1.16 bits per heavy atom. The molecule has 2 amide bonds. The molecule has 0 aliphatic carbocycles. The number of amides is 2. The predicted molar refractivity (Wildman–Crippen MR) is 102 cm³/mol. The Labute approximate surface area is 161 Å². The largest absolute Gasteiger partial charge is 0.349 e. The molecule has 0 bridgehead atoms. The molecule has 0 aromatic heterocycles. The zero-order chi connectivity index (χ0) is 16.4. The number of guanidine groups is 1. The SMILES string of the molecule is CN(C)C1=NC2(CCN(CC(=O)N3CCNCC3)CC2)C(=O)N1.Cl.Cl. The van der Waals surface area contributed by atoms with Gasteiger partial charge in [-0.15, -0.1) is 24.8 Å². The van der Waals surface area contributed by atoms with Crippen molar-refractivity contribution >= 4 is 42.6 Å². The monoisotopic (exact) mass is 394 g/mol. The molecule has 0 saturated carbocycles. The van der Waals surface area contributed by atoms with E-state index in [0.29, 0.717) is 25.3 Å². The molecular weight excluding hydrogens is 367 g/mol. The fourth-order valence-corrected chi connectivity index (χ4v) is 3.34. The van der Waals surface area contributed by atoms with Crippen LogP contribution in [0.4, 0.5) is 0 Å². The second-order valence-electron chi connectivity index (χ2n) is 6.72. The summed E-state index contributed by atoms with van der Waals surface area (Å²) in [6.45, 7) is 5.23. The quantitative estimate of drug-likeness (QED) is 0.637. The highest BCUT2D eigenvalue weighted by molar-refractivity contribution is 6.07. The van der Waals surface area contributed by atoms with Crippen LogP contribution in [0, 0.1) is 0 Å². The van der Waals surface area contributed by atoms with Crippen molar-refractivity contribution in [1.82, 2.24) is 25.3 Å². The van der Waals surface area contributed by atoms with Gasteiger partial charge in [-0.25, -0.2) is 4.99 Å². The van der Waals surface area contributed by atoms with E-state index >= 15 is 0 Å². The lowest BCUT2D eigenvalue weighted by Crippen LogP contribution is -2.53. The molecule has 2 N–H and O–H groups in total. The summed E-state index contributed by atoms with van der Waals surface area (Å²) in [7, 11) is 3.75. The lowest BCUT2D eigenvalue weighted by atomic mass is 9.88. The first-order valence-electron chi connectivity index (χ1n) is 8.30. The van der Waals surface area contributed by atoms with Crippen LogP contribution in [-0.2, 0) is 9.59 Å². The zero-order valence-electron chi connectivity index (χ0n) is 14.8. The number of likely N-dealkylation sites (tertiary alicyclic amines) is 1. The minimum atomic E-state index is -0.631. The Bertz CT molecular complexity index is 514. The van der Waals surface area contributed by atoms with Gasteiger partial charge in [0.05, 0.1) is 6.54 Å². The van der Waals surface area contributed by atoms with Crippen molar-refractivity contribution in [3.8, 4) is 0 Å². The number of aliphatic imine (C=N–C) groups is 1. The molecule has 2 saturated heterocycles. The van der Waals surface area contributed by atoms with E-state index in [1.807, 2.05) is 23.9 Å². The molecule has 8 nitrogen and oxygen atoms in total. The van der Waals surface area contributed by atoms with Crippen LogP contribution in [0.2, 0.25) is 0 Å². The Morgan fingerprint density at radius 3 is 2.28 bits per heavy atom. The normalized spacial score (nSPS) is 22.6. The first-order chi connectivity index (χ1) is 11.0. The van der Waals surface area contributed by atoms with Gasteiger partial charge in [0.2, 0.25) is 11.9 Å². The van der Waals surface area contributed by atoms with E-state index in [1.54, 1.807) is 0 Å². The van der Waals surface area contributed by atoms with Crippen LogP contribution in [0.1, 0.15) is 12.8 Å². The Hall–Kier alpha value is -1.09. The average Bonchev–Trinajstić information content (AvgIpc) is 2.88. The van der Waals surface area contributed by atoms with Crippen LogP contribution in [0.3, 0.4) is 0 Å². The smallest absolute Gasteiger partial charge is 0.254 e. The summed E-state index contributed by atoms with van der Waals surface area (Å²) in [4.78, 5) is 35.1. The zero-order valence-corrected chi connectivity index (χ0v) is 16.4. The third-order valence-corrected chi connectivity index (χ3v) is 4.90. The van der Waals surface area contributed by atoms with Crippen molar-refractivity contribution in [3.63, 3.8) is 0 Å². The van der Waals surface area contributed by atoms with Gasteiger partial charge in [-0.3, -0.25) is 19.8 Å². The fraction of sp³-hybridized carbons (Fsp3) is 0.800. The molecule has 0 aromatic carbocycles. The number of piperidine rings is 1. The summed E-state index contributed by atoms with van der Waals surface area (Å²) < 4.78 is 0. The highest BCUT2D eigenvalue weighted by Gasteiger charge is 2.46. The highest BCUT2D eigenvalue weighted by atomic mass is 35.5. The molecule has 0 radical (unpaired) electrons. The van der Waals surface area contributed by atoms with E-state index in [0.717, 1.165) is 39.3 Å². The van der Waals surface area contributed by atoms with Gasteiger partial charge in [0.15, 0.2) is 0 Å². The third-order valence-electron chi connectivity index (χ3n) is 4.90. The van der Waals surface area contributed by atoms with E-state index in [2.05, 4.69) is 20.5 Å². The molecule has 144 valence electrons. The van der Waals surface area contributed by atoms with Crippen LogP contribution < -0.4 is 10.6 Å². The topological polar surface area (TPSA) is 80.3 Å². The van der Waals surface area contributed by atoms with E-state index in [9.17, 15) is 9.59 Å². The molecule has 3 rings (SSSR count). The van der Waals surface area contributed by atoms with Crippen LogP contribution in [0.15, 0.2) is 4.99 Å². The number of rotatable bonds is 2. The summed E-state index contributed by atoms with van der Waals surface area (Å²) in [5, 5.41) is 6.11. The molecule has 10 heteroatoms. The van der Waals surface area contributed by atoms with Gasteiger partial charge < -0.3 is 15.1 Å². The summed E-state index contributed by atoms with van der Waals surface area (Å²) in [6, 6.07) is 0. The fourth-order valence-electron chi connectivity index (χ4n) is 3.34. The standard InChI is InChI=1S/C15H26N6O2.2ClH/c1-19(2)14-17-13(23)15(18-14)3-7-20(8-4-15)11-12(22)21-9-5-16-6-10-21;;/h16H,3-11H2,1-2H3,(H,17,18,23);2*1H. The molecule has 3 heterocycles. The van der Waals surface area contributed by atoms with Gasteiger partial charge in [0.1, 0.15) is 5.54 Å². The number of nitrogens with one attached hydrogen (secondary N) is 2. The van der Waals surface area contributed by atoms with E-state index < -0.39 is 5.54 Å². The maximum Gasteiger partial charge on any atom is 0.254 e. The lowest BCUT2D eigenvalue weighted by Gasteiger charge is -2.36. The average molecular weight is 395 g/mol. The maximum atomic E-state index is 12.3. The molecule has 2 fully saturated rings. The molecular formula is C15H28Cl2N6O2. The van der Waals surface area contributed by atoms with Crippen LogP contribution in [-0.4, -0.2) is 97.9 Å². The first-order valence-corrected chi connectivity index (χ1v) is 8.30. The Morgan fingerprint density at radius 2 is 1.76 bits per heavy atom. The Balaban J connectivity index is 0.00000156. The van der Waals surface area contributed by atoms with E-state index in [-0.39, 0.29) is 36.6 Å². The molecule has 3 aliphatic heterocycles. The third kappa shape index (κ3) is 4.75. The molecule has 3 aliphatic rings. The molecule has 25 heavy (non-hydrogen) atoms. The van der Waals surface area contributed by atoms with Crippen LogP contribution >= 0.6 is 24.8 Å². The number of carbonyl (C=O) groups excluding carboxylic acids is 2. The van der Waals surface area contributed by atoms with E-state index in [1.165, 1.54) is 0 Å². The maximum absolute atomic E-state index is 12.3. The number of hydrogen-bond donors (Lipinski definition) is 2. The minimum absolute atomic E-state index is 0. The highest BCUT2D eigenvalue weighted by Crippen LogP contribution is 2.30. The number of halogens is 2.